The van der Waals surface area contributed by atoms with E-state index in [0.29, 0.717) is 11.8 Å². The van der Waals surface area contributed by atoms with Gasteiger partial charge in [0.2, 0.25) is 0 Å². The molecule has 0 radical (unpaired) electrons. The van der Waals surface area contributed by atoms with Gasteiger partial charge in [0, 0.05) is 37.9 Å². The lowest BCUT2D eigenvalue weighted by atomic mass is 9.91. The summed E-state index contributed by atoms with van der Waals surface area (Å²) in [6.07, 6.45) is 2.95. The number of carbonyl (C=O) groups excluding carboxylic acids is 1. The van der Waals surface area contributed by atoms with E-state index < -0.39 is 0 Å². The van der Waals surface area contributed by atoms with E-state index in [1.165, 1.54) is 6.42 Å². The molecule has 3 heterocycles. The van der Waals surface area contributed by atoms with Crippen LogP contribution in [0.2, 0.25) is 0 Å². The van der Waals surface area contributed by atoms with Gasteiger partial charge >= 0.3 is 0 Å². The van der Waals surface area contributed by atoms with Gasteiger partial charge < -0.3 is 14.5 Å². The molecule has 0 bridgehead atoms. The van der Waals surface area contributed by atoms with Crippen LogP contribution < -0.4 is 4.90 Å². The van der Waals surface area contributed by atoms with Gasteiger partial charge in [-0.3, -0.25) is 4.79 Å². The third-order valence-electron chi connectivity index (χ3n) is 4.48. The minimum atomic E-state index is 0.135. The molecule has 0 aromatic carbocycles. The van der Waals surface area contributed by atoms with Crippen molar-refractivity contribution in [3.05, 3.63) is 23.9 Å². The van der Waals surface area contributed by atoms with E-state index in [9.17, 15) is 4.79 Å². The number of hydrogen-bond donors (Lipinski definition) is 0. The lowest BCUT2D eigenvalue weighted by molar-refractivity contribution is 0.0623. The Bertz CT molecular complexity index is 518. The minimum Gasteiger partial charge on any atom is -0.378 e. The summed E-state index contributed by atoms with van der Waals surface area (Å²) in [5, 5.41) is 0. The second-order valence-corrected chi connectivity index (χ2v) is 6.66. The van der Waals surface area contributed by atoms with Gasteiger partial charge in [0.25, 0.3) is 5.91 Å². The number of pyridine rings is 1. The second-order valence-electron chi connectivity index (χ2n) is 6.66. The maximum atomic E-state index is 12.8. The Kier molecular flexibility index (Phi) is 4.62. The molecular weight excluding hydrogens is 278 g/mol. The van der Waals surface area contributed by atoms with E-state index in [2.05, 4.69) is 23.7 Å². The predicted octanol–water partition coefficient (Wildman–Crippen LogP) is 2.04. The maximum absolute atomic E-state index is 12.8. The lowest BCUT2D eigenvalue weighted by Gasteiger charge is -2.35. The van der Waals surface area contributed by atoms with Crippen molar-refractivity contribution in [3.8, 4) is 0 Å². The van der Waals surface area contributed by atoms with E-state index in [1.807, 2.05) is 17.0 Å². The lowest BCUT2D eigenvalue weighted by Crippen LogP contribution is -2.42. The Hall–Kier alpha value is -1.62. The first-order valence-electron chi connectivity index (χ1n) is 8.21. The fourth-order valence-electron chi connectivity index (χ4n) is 3.53. The molecule has 5 nitrogen and oxygen atoms in total. The molecule has 0 aliphatic carbocycles. The van der Waals surface area contributed by atoms with Gasteiger partial charge in [-0.25, -0.2) is 4.98 Å². The van der Waals surface area contributed by atoms with Crippen LogP contribution in [-0.2, 0) is 4.74 Å². The highest BCUT2D eigenvalue weighted by Crippen LogP contribution is 2.23. The summed E-state index contributed by atoms with van der Waals surface area (Å²) < 4.78 is 5.37. The first kappa shape index (κ1) is 15.3. The molecule has 2 unspecified atom stereocenters. The summed E-state index contributed by atoms with van der Waals surface area (Å²) in [4.78, 5) is 21.4. The molecule has 22 heavy (non-hydrogen) atoms. The van der Waals surface area contributed by atoms with Crippen molar-refractivity contribution in [1.82, 2.24) is 9.88 Å². The normalized spacial score (nSPS) is 26.1. The largest absolute Gasteiger partial charge is 0.378 e. The zero-order valence-corrected chi connectivity index (χ0v) is 13.5. The van der Waals surface area contributed by atoms with Gasteiger partial charge in [0.15, 0.2) is 0 Å². The molecule has 1 amide bonds. The topological polar surface area (TPSA) is 45.7 Å². The summed E-state index contributed by atoms with van der Waals surface area (Å²) in [6.45, 7) is 9.28. The monoisotopic (exact) mass is 303 g/mol. The first-order valence-corrected chi connectivity index (χ1v) is 8.21. The third kappa shape index (κ3) is 3.40. The molecule has 120 valence electrons. The van der Waals surface area contributed by atoms with Gasteiger partial charge in [-0.05, 0) is 30.4 Å². The fraction of sp³-hybridized carbons (Fsp3) is 0.647. The summed E-state index contributed by atoms with van der Waals surface area (Å²) >= 11 is 0. The highest BCUT2D eigenvalue weighted by atomic mass is 16.5. The molecular formula is C17H25N3O2. The van der Waals surface area contributed by atoms with Gasteiger partial charge in [-0.1, -0.05) is 13.8 Å². The Morgan fingerprint density at radius 2 is 1.91 bits per heavy atom. The Morgan fingerprint density at radius 1 is 1.23 bits per heavy atom. The van der Waals surface area contributed by atoms with Gasteiger partial charge in [0.1, 0.15) is 5.82 Å². The molecule has 0 spiro atoms. The SMILES string of the molecule is CC1CC(C)CN(C(=O)c2ccnc(N3CCOCC3)c2)C1. The van der Waals surface area contributed by atoms with Crippen LogP contribution in [-0.4, -0.2) is 55.2 Å². The molecule has 0 saturated carbocycles. The number of aromatic nitrogens is 1. The number of rotatable bonds is 2. The molecule has 2 aliphatic heterocycles. The second kappa shape index (κ2) is 6.65. The molecule has 2 fully saturated rings. The predicted molar refractivity (Wildman–Crippen MR) is 86.1 cm³/mol. The van der Waals surface area contributed by atoms with Crippen LogP contribution in [0.25, 0.3) is 0 Å². The maximum Gasteiger partial charge on any atom is 0.254 e. The summed E-state index contributed by atoms with van der Waals surface area (Å²) in [6, 6.07) is 3.76. The number of nitrogens with zero attached hydrogens (tertiary/aromatic N) is 3. The van der Waals surface area contributed by atoms with Crippen molar-refractivity contribution in [2.75, 3.05) is 44.3 Å². The molecule has 1 aromatic heterocycles. The van der Waals surface area contributed by atoms with Crippen LogP contribution in [0.1, 0.15) is 30.6 Å². The van der Waals surface area contributed by atoms with E-state index in [4.69, 9.17) is 4.74 Å². The molecule has 2 saturated heterocycles. The number of hydrogen-bond acceptors (Lipinski definition) is 4. The van der Waals surface area contributed by atoms with Crippen LogP contribution in [0, 0.1) is 11.8 Å². The Morgan fingerprint density at radius 3 is 2.59 bits per heavy atom. The van der Waals surface area contributed by atoms with Gasteiger partial charge in [-0.15, -0.1) is 0 Å². The van der Waals surface area contributed by atoms with Crippen LogP contribution in [0.3, 0.4) is 0 Å². The zero-order valence-electron chi connectivity index (χ0n) is 13.5. The smallest absolute Gasteiger partial charge is 0.254 e. The highest BCUT2D eigenvalue weighted by Gasteiger charge is 2.26. The molecule has 2 aliphatic rings. The number of likely N-dealkylation sites (tertiary alicyclic amines) is 1. The number of carbonyl (C=O) groups is 1. The molecule has 3 rings (SSSR count). The number of anilines is 1. The molecule has 2 atom stereocenters. The van der Waals surface area contributed by atoms with Crippen molar-refractivity contribution >= 4 is 11.7 Å². The Labute approximate surface area is 132 Å². The minimum absolute atomic E-state index is 0.135. The fourth-order valence-corrected chi connectivity index (χ4v) is 3.53. The van der Waals surface area contributed by atoms with E-state index in [1.54, 1.807) is 6.20 Å². The van der Waals surface area contributed by atoms with Gasteiger partial charge in [0.05, 0.1) is 13.2 Å². The summed E-state index contributed by atoms with van der Waals surface area (Å²) in [5.41, 5.74) is 0.748. The highest BCUT2D eigenvalue weighted by molar-refractivity contribution is 5.95. The van der Waals surface area contributed by atoms with E-state index in [0.717, 1.165) is 50.8 Å². The quantitative estimate of drug-likeness (QED) is 0.839. The van der Waals surface area contributed by atoms with Crippen molar-refractivity contribution in [1.29, 1.82) is 0 Å². The van der Waals surface area contributed by atoms with Crippen LogP contribution >= 0.6 is 0 Å². The summed E-state index contributed by atoms with van der Waals surface area (Å²) in [5.74, 6) is 2.17. The van der Waals surface area contributed by atoms with Crippen LogP contribution in [0.4, 0.5) is 5.82 Å². The average Bonchev–Trinajstić information content (AvgIpc) is 2.54. The van der Waals surface area contributed by atoms with Crippen LogP contribution in [0.5, 0.6) is 0 Å². The Balaban J connectivity index is 1.74. The third-order valence-corrected chi connectivity index (χ3v) is 4.48. The number of amides is 1. The van der Waals surface area contributed by atoms with E-state index >= 15 is 0 Å². The number of ether oxygens (including phenoxy) is 1. The number of morpholine rings is 1. The standard InChI is InChI=1S/C17H25N3O2/c1-13-9-14(2)12-20(11-13)17(21)15-3-4-18-16(10-15)19-5-7-22-8-6-19/h3-4,10,13-14H,5-9,11-12H2,1-2H3. The first-order chi connectivity index (χ1) is 10.6. The van der Waals surface area contributed by atoms with Crippen molar-refractivity contribution in [2.24, 2.45) is 11.8 Å². The van der Waals surface area contributed by atoms with Crippen molar-refractivity contribution in [3.63, 3.8) is 0 Å². The average molecular weight is 303 g/mol. The molecule has 5 heteroatoms. The van der Waals surface area contributed by atoms with E-state index in [-0.39, 0.29) is 5.91 Å². The zero-order chi connectivity index (χ0) is 15.5. The van der Waals surface area contributed by atoms with Crippen molar-refractivity contribution in [2.45, 2.75) is 20.3 Å². The summed E-state index contributed by atoms with van der Waals surface area (Å²) in [7, 11) is 0. The molecule has 0 N–H and O–H groups in total. The van der Waals surface area contributed by atoms with Gasteiger partial charge in [-0.2, -0.15) is 0 Å². The van der Waals surface area contributed by atoms with Crippen LogP contribution in [0.15, 0.2) is 18.3 Å². The molecule has 1 aromatic rings. The number of piperidine rings is 1. The van der Waals surface area contributed by atoms with Crippen molar-refractivity contribution < 1.29 is 9.53 Å².